The van der Waals surface area contributed by atoms with Crippen LogP contribution in [0.2, 0.25) is 0 Å². The van der Waals surface area contributed by atoms with Crippen LogP contribution >= 0.6 is 11.8 Å². The molecule has 3 N–H and O–H groups in total. The number of nitrogens with one attached hydrogen (secondary N) is 1. The van der Waals surface area contributed by atoms with E-state index in [1.807, 2.05) is 42.1 Å². The molecule has 1 aliphatic carbocycles. The second-order valence-electron chi connectivity index (χ2n) is 5.78. The molecule has 0 heterocycles. The number of nitrogens with two attached hydrogens (primary N) is 1. The van der Waals surface area contributed by atoms with Crippen molar-refractivity contribution in [2.75, 3.05) is 12.3 Å². The van der Waals surface area contributed by atoms with Crippen molar-refractivity contribution in [3.63, 3.8) is 0 Å². The Bertz CT molecular complexity index is 445. The Balaban J connectivity index is 2.19. The summed E-state index contributed by atoms with van der Waals surface area (Å²) in [4.78, 5) is 12.3. The highest BCUT2D eigenvalue weighted by Crippen LogP contribution is 2.34. The maximum absolute atomic E-state index is 12.3. The van der Waals surface area contributed by atoms with Gasteiger partial charge in [-0.1, -0.05) is 50.1 Å². The first-order valence-corrected chi connectivity index (χ1v) is 8.96. The highest BCUT2D eigenvalue weighted by atomic mass is 32.2. The summed E-state index contributed by atoms with van der Waals surface area (Å²) in [6, 6.07) is 9.92. The molecule has 0 bridgehead atoms. The molecule has 1 aromatic rings. The van der Waals surface area contributed by atoms with Crippen LogP contribution in [0.25, 0.3) is 0 Å². The maximum Gasteiger partial charge on any atom is 0.243 e. The molecule has 1 fully saturated rings. The number of benzene rings is 1. The summed E-state index contributed by atoms with van der Waals surface area (Å²) in [6.45, 7) is 2.90. The normalized spacial score (nSPS) is 18.5. The molecule has 21 heavy (non-hydrogen) atoms. The molecule has 3 nitrogen and oxygen atoms in total. The van der Waals surface area contributed by atoms with E-state index in [9.17, 15) is 4.79 Å². The van der Waals surface area contributed by atoms with E-state index in [1.165, 1.54) is 25.7 Å². The van der Waals surface area contributed by atoms with Gasteiger partial charge < -0.3 is 5.73 Å². The average molecular weight is 306 g/mol. The lowest BCUT2D eigenvalue weighted by Crippen LogP contribution is -2.55. The summed E-state index contributed by atoms with van der Waals surface area (Å²) in [5.41, 5.74) is 6.05. The van der Waals surface area contributed by atoms with Gasteiger partial charge >= 0.3 is 0 Å². The molecule has 1 saturated carbocycles. The van der Waals surface area contributed by atoms with Crippen molar-refractivity contribution in [3.05, 3.63) is 35.9 Å². The summed E-state index contributed by atoms with van der Waals surface area (Å²) in [6.07, 6.45) is 6.14. The number of rotatable bonds is 8. The van der Waals surface area contributed by atoms with Gasteiger partial charge in [-0.25, -0.2) is 0 Å². The van der Waals surface area contributed by atoms with Gasteiger partial charge in [0, 0.05) is 11.0 Å². The fourth-order valence-electron chi connectivity index (χ4n) is 2.90. The maximum atomic E-state index is 12.3. The molecule has 1 amide bonds. The van der Waals surface area contributed by atoms with Crippen LogP contribution in [-0.4, -0.2) is 23.5 Å². The fourth-order valence-corrected chi connectivity index (χ4v) is 4.46. The molecule has 1 atom stereocenters. The lowest BCUT2D eigenvalue weighted by Gasteiger charge is -2.33. The molecule has 0 aromatic heterocycles. The predicted octanol–water partition coefficient (Wildman–Crippen LogP) is 3.04. The lowest BCUT2D eigenvalue weighted by molar-refractivity contribution is -0.123. The van der Waals surface area contributed by atoms with E-state index in [0.29, 0.717) is 5.25 Å². The smallest absolute Gasteiger partial charge is 0.243 e. The second kappa shape index (κ2) is 7.85. The first-order chi connectivity index (χ1) is 10.2. The van der Waals surface area contributed by atoms with Gasteiger partial charge in [-0.15, -0.1) is 0 Å². The molecule has 1 unspecified atom stereocenters. The predicted molar refractivity (Wildman–Crippen MR) is 90.3 cm³/mol. The van der Waals surface area contributed by atoms with E-state index in [2.05, 4.69) is 12.2 Å². The van der Waals surface area contributed by atoms with Crippen LogP contribution in [0.4, 0.5) is 0 Å². The van der Waals surface area contributed by atoms with E-state index in [-0.39, 0.29) is 5.91 Å². The Hall–Kier alpha value is -1.00. The van der Waals surface area contributed by atoms with Crippen LogP contribution in [0.5, 0.6) is 0 Å². The van der Waals surface area contributed by atoms with Crippen LogP contribution < -0.4 is 11.1 Å². The number of carbonyl (C=O) groups is 1. The minimum absolute atomic E-state index is 0.271. The van der Waals surface area contributed by atoms with Crippen molar-refractivity contribution < 1.29 is 4.79 Å². The Morgan fingerprint density at radius 1 is 1.33 bits per heavy atom. The third-order valence-electron chi connectivity index (χ3n) is 4.20. The summed E-state index contributed by atoms with van der Waals surface area (Å²) < 4.78 is 0. The van der Waals surface area contributed by atoms with Gasteiger partial charge in [-0.3, -0.25) is 10.1 Å². The molecular formula is C17H26N2OS. The largest absolute Gasteiger partial charge is 0.368 e. The molecule has 0 aliphatic heterocycles. The average Bonchev–Trinajstić information content (AvgIpc) is 3.02. The third kappa shape index (κ3) is 4.01. The topological polar surface area (TPSA) is 55.1 Å². The minimum atomic E-state index is -0.746. The summed E-state index contributed by atoms with van der Waals surface area (Å²) in [5, 5.41) is 4.10. The highest BCUT2D eigenvalue weighted by molar-refractivity contribution is 8.00. The number of primary amides is 1. The molecule has 0 spiro atoms. The number of hydrogen-bond acceptors (Lipinski definition) is 3. The van der Waals surface area contributed by atoms with Crippen LogP contribution in [0.15, 0.2) is 30.3 Å². The number of carbonyl (C=O) groups excluding carboxylic acids is 1. The van der Waals surface area contributed by atoms with Crippen LogP contribution in [0, 0.1) is 0 Å². The quantitative estimate of drug-likeness (QED) is 0.776. The van der Waals surface area contributed by atoms with E-state index < -0.39 is 5.54 Å². The molecule has 1 aromatic carbocycles. The number of thioether (sulfide) groups is 1. The van der Waals surface area contributed by atoms with E-state index >= 15 is 0 Å². The van der Waals surface area contributed by atoms with E-state index in [0.717, 1.165) is 24.3 Å². The van der Waals surface area contributed by atoms with E-state index in [4.69, 9.17) is 5.73 Å². The van der Waals surface area contributed by atoms with E-state index in [1.54, 1.807) is 0 Å². The zero-order valence-electron chi connectivity index (χ0n) is 12.8. The first-order valence-electron chi connectivity index (χ1n) is 7.91. The fraction of sp³-hybridized carbons (Fsp3) is 0.588. The summed E-state index contributed by atoms with van der Waals surface area (Å²) in [7, 11) is 0. The third-order valence-corrected chi connectivity index (χ3v) is 5.74. The monoisotopic (exact) mass is 306 g/mol. The summed E-state index contributed by atoms with van der Waals surface area (Å²) in [5.74, 6) is 0.449. The van der Waals surface area contributed by atoms with Gasteiger partial charge in [0.15, 0.2) is 0 Å². The minimum Gasteiger partial charge on any atom is -0.368 e. The highest BCUT2D eigenvalue weighted by Gasteiger charge is 2.38. The Labute approximate surface area is 132 Å². The van der Waals surface area contributed by atoms with Crippen molar-refractivity contribution >= 4 is 17.7 Å². The lowest BCUT2D eigenvalue weighted by atomic mass is 9.91. The van der Waals surface area contributed by atoms with Crippen molar-refractivity contribution in [1.29, 1.82) is 0 Å². The van der Waals surface area contributed by atoms with Gasteiger partial charge in [0.25, 0.3) is 0 Å². The zero-order chi connectivity index (χ0) is 15.1. The Morgan fingerprint density at radius 3 is 2.57 bits per heavy atom. The van der Waals surface area contributed by atoms with Crippen LogP contribution in [0.1, 0.15) is 44.6 Å². The first kappa shape index (κ1) is 16.4. The number of amides is 1. The SMILES string of the molecule is CCCNC(CSC1CCCC1)(C(N)=O)c1ccccc1. The van der Waals surface area contributed by atoms with Crippen molar-refractivity contribution in [2.45, 2.75) is 49.8 Å². The van der Waals surface area contributed by atoms with Crippen LogP contribution in [-0.2, 0) is 10.3 Å². The molecule has 0 saturated heterocycles. The molecule has 0 radical (unpaired) electrons. The van der Waals surface area contributed by atoms with Crippen molar-refractivity contribution in [2.24, 2.45) is 5.73 Å². The van der Waals surface area contributed by atoms with Gasteiger partial charge in [-0.05, 0) is 31.4 Å². The second-order valence-corrected chi connectivity index (χ2v) is 7.07. The summed E-state index contributed by atoms with van der Waals surface area (Å²) >= 11 is 1.90. The van der Waals surface area contributed by atoms with Gasteiger partial charge in [0.1, 0.15) is 5.54 Å². The zero-order valence-corrected chi connectivity index (χ0v) is 13.6. The van der Waals surface area contributed by atoms with Gasteiger partial charge in [0.05, 0.1) is 0 Å². The Morgan fingerprint density at radius 2 is 2.00 bits per heavy atom. The molecular weight excluding hydrogens is 280 g/mol. The molecule has 2 rings (SSSR count). The molecule has 1 aliphatic rings. The molecule has 116 valence electrons. The van der Waals surface area contributed by atoms with Crippen molar-refractivity contribution in [3.8, 4) is 0 Å². The van der Waals surface area contributed by atoms with Crippen molar-refractivity contribution in [1.82, 2.24) is 5.32 Å². The van der Waals surface area contributed by atoms with Gasteiger partial charge in [0.2, 0.25) is 5.91 Å². The Kier molecular flexibility index (Phi) is 6.12. The standard InChI is InChI=1S/C17H26N2OS/c1-2-12-19-17(16(18)20,14-8-4-3-5-9-14)13-21-15-10-6-7-11-15/h3-5,8-9,15,19H,2,6-7,10-13H2,1H3,(H2,18,20). The van der Waals surface area contributed by atoms with Crippen LogP contribution in [0.3, 0.4) is 0 Å². The molecule has 4 heteroatoms. The van der Waals surface area contributed by atoms with Gasteiger partial charge in [-0.2, -0.15) is 11.8 Å². The number of hydrogen-bond donors (Lipinski definition) is 2.